The summed E-state index contributed by atoms with van der Waals surface area (Å²) in [6.07, 6.45) is 0. The van der Waals surface area contributed by atoms with E-state index in [2.05, 4.69) is 24.3 Å². The maximum absolute atomic E-state index is 10.0. The van der Waals surface area contributed by atoms with Crippen LogP contribution in [0.1, 0.15) is 5.56 Å². The van der Waals surface area contributed by atoms with Crippen LogP contribution in [0.5, 0.6) is 5.75 Å². The summed E-state index contributed by atoms with van der Waals surface area (Å²) in [6, 6.07) is 20.3. The average Bonchev–Trinajstić information content (AvgIpc) is 2.38. The van der Waals surface area contributed by atoms with E-state index >= 15 is 0 Å². The van der Waals surface area contributed by atoms with Gasteiger partial charge in [-0.15, -0.1) is 0 Å². The summed E-state index contributed by atoms with van der Waals surface area (Å²) in [7, 11) is 0. The van der Waals surface area contributed by atoms with E-state index in [4.69, 9.17) is 0 Å². The second-order valence-corrected chi connectivity index (χ2v) is 4.58. The smallest absolute Gasteiger partial charge is 0.123 e. The van der Waals surface area contributed by atoms with Crippen LogP contribution in [0.25, 0.3) is 21.9 Å². The molecule has 1 nitrogen and oxygen atoms in total. The average molecular weight is 234 g/mol. The van der Waals surface area contributed by atoms with E-state index in [1.807, 2.05) is 37.3 Å². The molecule has 0 heterocycles. The normalized spacial score (nSPS) is 10.7. The monoisotopic (exact) mass is 234 g/mol. The lowest BCUT2D eigenvalue weighted by Crippen LogP contribution is -1.81. The van der Waals surface area contributed by atoms with Crippen LogP contribution < -0.4 is 0 Å². The molecule has 0 bridgehead atoms. The molecule has 1 heteroatoms. The van der Waals surface area contributed by atoms with Crippen LogP contribution in [-0.2, 0) is 0 Å². The molecule has 3 rings (SSSR count). The second kappa shape index (κ2) is 4.19. The summed E-state index contributed by atoms with van der Waals surface area (Å²) in [5.74, 6) is 0.338. The minimum absolute atomic E-state index is 0.338. The number of aryl methyl sites for hydroxylation is 1. The summed E-state index contributed by atoms with van der Waals surface area (Å²) >= 11 is 0. The van der Waals surface area contributed by atoms with Crippen molar-refractivity contribution in [3.8, 4) is 16.9 Å². The molecule has 0 radical (unpaired) electrons. The van der Waals surface area contributed by atoms with Crippen molar-refractivity contribution < 1.29 is 5.11 Å². The molecule has 0 fully saturated rings. The molecule has 0 atom stereocenters. The lowest BCUT2D eigenvalue weighted by molar-refractivity contribution is 0.477. The first kappa shape index (κ1) is 10.8. The van der Waals surface area contributed by atoms with Crippen LogP contribution in [-0.4, -0.2) is 5.11 Å². The van der Waals surface area contributed by atoms with E-state index in [-0.39, 0.29) is 0 Å². The van der Waals surface area contributed by atoms with Gasteiger partial charge in [-0.1, -0.05) is 48.5 Å². The fraction of sp³-hybridized carbons (Fsp3) is 0.0588. The van der Waals surface area contributed by atoms with Crippen molar-refractivity contribution in [1.29, 1.82) is 0 Å². The van der Waals surface area contributed by atoms with Gasteiger partial charge in [-0.3, -0.25) is 0 Å². The minimum Gasteiger partial charge on any atom is -0.507 e. The number of rotatable bonds is 1. The highest BCUT2D eigenvalue weighted by Crippen LogP contribution is 2.31. The van der Waals surface area contributed by atoms with Crippen molar-refractivity contribution >= 4 is 10.8 Å². The third-order valence-electron chi connectivity index (χ3n) is 3.21. The van der Waals surface area contributed by atoms with Gasteiger partial charge in [0, 0.05) is 5.56 Å². The zero-order chi connectivity index (χ0) is 12.5. The summed E-state index contributed by atoms with van der Waals surface area (Å²) in [6.45, 7) is 1.98. The first-order valence-electron chi connectivity index (χ1n) is 6.03. The van der Waals surface area contributed by atoms with Crippen molar-refractivity contribution in [2.45, 2.75) is 6.92 Å². The number of phenolic OH excluding ortho intramolecular Hbond substituents is 1. The minimum atomic E-state index is 0.338. The van der Waals surface area contributed by atoms with Gasteiger partial charge in [0.05, 0.1) is 0 Å². The number of fused-ring (bicyclic) bond motifs is 1. The van der Waals surface area contributed by atoms with Gasteiger partial charge in [-0.2, -0.15) is 0 Å². The Kier molecular flexibility index (Phi) is 2.52. The molecule has 1 N–H and O–H groups in total. The highest BCUT2D eigenvalue weighted by Gasteiger charge is 2.04. The Bertz CT molecular complexity index is 714. The molecule has 0 aliphatic heterocycles. The second-order valence-electron chi connectivity index (χ2n) is 4.58. The Hall–Kier alpha value is -2.28. The molecule has 18 heavy (non-hydrogen) atoms. The molecule has 0 amide bonds. The van der Waals surface area contributed by atoms with Gasteiger partial charge in [0.25, 0.3) is 0 Å². The number of benzene rings is 3. The molecule has 0 saturated carbocycles. The van der Waals surface area contributed by atoms with Crippen LogP contribution in [0, 0.1) is 6.92 Å². The van der Waals surface area contributed by atoms with Gasteiger partial charge in [0.15, 0.2) is 0 Å². The highest BCUT2D eigenvalue weighted by atomic mass is 16.3. The summed E-state index contributed by atoms with van der Waals surface area (Å²) in [5, 5.41) is 12.4. The van der Waals surface area contributed by atoms with Crippen molar-refractivity contribution in [3.63, 3.8) is 0 Å². The van der Waals surface area contributed by atoms with Crippen molar-refractivity contribution in [2.24, 2.45) is 0 Å². The number of aromatic hydroxyl groups is 1. The third-order valence-corrected chi connectivity index (χ3v) is 3.21. The SMILES string of the molecule is Cc1ccc(-c2ccc3ccccc3c2)c(O)c1. The molecule has 3 aromatic rings. The van der Waals surface area contributed by atoms with Crippen molar-refractivity contribution in [2.75, 3.05) is 0 Å². The topological polar surface area (TPSA) is 20.2 Å². The van der Waals surface area contributed by atoms with Gasteiger partial charge in [0.2, 0.25) is 0 Å². The fourth-order valence-electron chi connectivity index (χ4n) is 2.24. The van der Waals surface area contributed by atoms with Gasteiger partial charge in [-0.25, -0.2) is 0 Å². The molecule has 0 aliphatic carbocycles. The van der Waals surface area contributed by atoms with E-state index in [1.54, 1.807) is 6.07 Å². The first-order chi connectivity index (χ1) is 8.74. The molecule has 88 valence electrons. The number of phenols is 1. The van der Waals surface area contributed by atoms with Crippen LogP contribution >= 0.6 is 0 Å². The Labute approximate surface area is 106 Å². The molecular formula is C17H14O. The van der Waals surface area contributed by atoms with E-state index in [1.165, 1.54) is 10.8 Å². The Balaban J connectivity index is 2.19. The Morgan fingerprint density at radius 1 is 0.778 bits per heavy atom. The van der Waals surface area contributed by atoms with Gasteiger partial charge < -0.3 is 5.11 Å². The number of hydrogen-bond acceptors (Lipinski definition) is 1. The van der Waals surface area contributed by atoms with Gasteiger partial charge in [0.1, 0.15) is 5.75 Å². The lowest BCUT2D eigenvalue weighted by Gasteiger charge is -2.07. The summed E-state index contributed by atoms with van der Waals surface area (Å²) < 4.78 is 0. The van der Waals surface area contributed by atoms with E-state index in [0.717, 1.165) is 16.7 Å². The standard InChI is InChI=1S/C17H14O/c1-12-6-9-16(17(18)10-12)15-8-7-13-4-2-3-5-14(13)11-15/h2-11,18H,1H3. The third kappa shape index (κ3) is 1.84. The summed E-state index contributed by atoms with van der Waals surface area (Å²) in [5.41, 5.74) is 2.99. The van der Waals surface area contributed by atoms with Crippen LogP contribution in [0.2, 0.25) is 0 Å². The zero-order valence-corrected chi connectivity index (χ0v) is 10.2. The van der Waals surface area contributed by atoms with Crippen molar-refractivity contribution in [1.82, 2.24) is 0 Å². The van der Waals surface area contributed by atoms with Gasteiger partial charge >= 0.3 is 0 Å². The highest BCUT2D eigenvalue weighted by molar-refractivity contribution is 5.88. The molecule has 0 spiro atoms. The predicted octanol–water partition coefficient (Wildman–Crippen LogP) is 4.52. The summed E-state index contributed by atoms with van der Waals surface area (Å²) in [4.78, 5) is 0. The Morgan fingerprint density at radius 2 is 1.56 bits per heavy atom. The zero-order valence-electron chi connectivity index (χ0n) is 10.2. The molecule has 0 aromatic heterocycles. The van der Waals surface area contributed by atoms with Crippen LogP contribution in [0.15, 0.2) is 60.7 Å². The van der Waals surface area contributed by atoms with Crippen LogP contribution in [0.3, 0.4) is 0 Å². The number of hydrogen-bond donors (Lipinski definition) is 1. The quantitative estimate of drug-likeness (QED) is 0.656. The van der Waals surface area contributed by atoms with Gasteiger partial charge in [-0.05, 0) is 41.0 Å². The van der Waals surface area contributed by atoms with Crippen LogP contribution in [0.4, 0.5) is 0 Å². The predicted molar refractivity (Wildman–Crippen MR) is 75.8 cm³/mol. The molecular weight excluding hydrogens is 220 g/mol. The van der Waals surface area contributed by atoms with E-state index in [0.29, 0.717) is 5.75 Å². The molecule has 0 aliphatic rings. The Morgan fingerprint density at radius 3 is 2.33 bits per heavy atom. The molecule has 3 aromatic carbocycles. The van der Waals surface area contributed by atoms with E-state index in [9.17, 15) is 5.11 Å². The van der Waals surface area contributed by atoms with Crippen molar-refractivity contribution in [3.05, 3.63) is 66.2 Å². The maximum atomic E-state index is 10.0. The maximum Gasteiger partial charge on any atom is 0.123 e. The fourth-order valence-corrected chi connectivity index (χ4v) is 2.24. The van der Waals surface area contributed by atoms with E-state index < -0.39 is 0 Å². The molecule has 0 unspecified atom stereocenters. The molecule has 0 saturated heterocycles. The lowest BCUT2D eigenvalue weighted by atomic mass is 9.99. The first-order valence-corrected chi connectivity index (χ1v) is 6.03. The largest absolute Gasteiger partial charge is 0.507 e.